The number of halogens is 1. The monoisotopic (exact) mass is 432 g/mol. The van der Waals surface area contributed by atoms with Crippen molar-refractivity contribution in [2.45, 2.75) is 57.1 Å². The first kappa shape index (κ1) is 20.2. The van der Waals surface area contributed by atoms with E-state index in [1.165, 1.54) is 0 Å². The topological polar surface area (TPSA) is 75.7 Å². The number of carbonyl (C=O) groups is 1. The van der Waals surface area contributed by atoms with E-state index >= 15 is 0 Å². The van der Waals surface area contributed by atoms with E-state index in [1.807, 2.05) is 20.8 Å². The molecule has 0 aliphatic carbocycles. The van der Waals surface area contributed by atoms with Gasteiger partial charge in [0.1, 0.15) is 5.60 Å². The third-order valence-corrected chi connectivity index (χ3v) is 6.00. The van der Waals surface area contributed by atoms with Gasteiger partial charge in [-0.25, -0.2) is 17.9 Å². The van der Waals surface area contributed by atoms with Crippen LogP contribution in [-0.2, 0) is 14.8 Å². The van der Waals surface area contributed by atoms with Gasteiger partial charge < -0.3 is 9.64 Å². The molecule has 1 heterocycles. The number of carbonyl (C=O) groups excluding carboxylic acids is 1. The van der Waals surface area contributed by atoms with Gasteiger partial charge in [-0.15, -0.1) is 0 Å². The van der Waals surface area contributed by atoms with Gasteiger partial charge in [-0.05, 0) is 64.3 Å². The zero-order valence-electron chi connectivity index (χ0n) is 15.0. The molecule has 140 valence electrons. The van der Waals surface area contributed by atoms with Crippen molar-refractivity contribution in [3.05, 3.63) is 28.2 Å². The van der Waals surface area contributed by atoms with Crippen LogP contribution in [0.1, 0.15) is 39.2 Å². The number of aryl methyl sites for hydroxylation is 1. The molecule has 1 unspecified atom stereocenters. The van der Waals surface area contributed by atoms with E-state index < -0.39 is 21.7 Å². The second kappa shape index (κ2) is 7.63. The molecule has 1 aromatic rings. The molecule has 2 rings (SSSR count). The van der Waals surface area contributed by atoms with E-state index in [4.69, 9.17) is 4.74 Å². The highest BCUT2D eigenvalue weighted by Gasteiger charge is 2.30. The molecule has 0 saturated carbocycles. The number of sulfonamides is 1. The Morgan fingerprint density at radius 3 is 2.64 bits per heavy atom. The largest absolute Gasteiger partial charge is 0.444 e. The lowest BCUT2D eigenvalue weighted by molar-refractivity contribution is 0.0195. The molecule has 1 saturated heterocycles. The number of benzene rings is 1. The van der Waals surface area contributed by atoms with Crippen LogP contribution in [0.3, 0.4) is 0 Å². The van der Waals surface area contributed by atoms with Crippen molar-refractivity contribution in [3.63, 3.8) is 0 Å². The minimum absolute atomic E-state index is 0.255. The normalized spacial score (nSPS) is 18.9. The number of nitrogens with one attached hydrogen (secondary N) is 1. The molecule has 1 atom stereocenters. The summed E-state index contributed by atoms with van der Waals surface area (Å²) in [5.41, 5.74) is 0.0969. The van der Waals surface area contributed by atoms with E-state index in [1.54, 1.807) is 30.0 Å². The lowest BCUT2D eigenvalue weighted by atomic mass is 10.1. The fourth-order valence-electron chi connectivity index (χ4n) is 2.76. The molecule has 0 aromatic heterocycles. The first-order chi connectivity index (χ1) is 11.5. The molecule has 8 heteroatoms. The maximum Gasteiger partial charge on any atom is 0.410 e. The van der Waals surface area contributed by atoms with E-state index in [0.29, 0.717) is 25.1 Å². The fraction of sp³-hybridized carbons (Fsp3) is 0.588. The number of hydrogen-bond donors (Lipinski definition) is 1. The number of nitrogens with zero attached hydrogens (tertiary/aromatic N) is 1. The standard InChI is InChI=1S/C17H25BrN2O4S/c1-12-10-13(18)7-8-15(12)25(22,23)19-14-6-5-9-20(11-14)16(21)24-17(2,3)4/h7-8,10,14,19H,5-6,9,11H2,1-4H3. The number of piperidine rings is 1. The molecule has 0 bridgehead atoms. The van der Waals surface area contributed by atoms with E-state index in [2.05, 4.69) is 20.7 Å². The second-order valence-corrected chi connectivity index (χ2v) is 9.89. The summed E-state index contributed by atoms with van der Waals surface area (Å²) in [7, 11) is -3.64. The Balaban J connectivity index is 2.07. The summed E-state index contributed by atoms with van der Waals surface area (Å²) in [6, 6.07) is 4.72. The van der Waals surface area contributed by atoms with E-state index in [0.717, 1.165) is 10.9 Å². The van der Waals surface area contributed by atoms with Crippen molar-refractivity contribution in [3.8, 4) is 0 Å². The molecule has 0 spiro atoms. The summed E-state index contributed by atoms with van der Waals surface area (Å²) >= 11 is 3.34. The zero-order valence-corrected chi connectivity index (χ0v) is 17.4. The van der Waals surface area contributed by atoms with Crippen molar-refractivity contribution < 1.29 is 17.9 Å². The Labute approximate surface area is 158 Å². The minimum Gasteiger partial charge on any atom is -0.444 e. The van der Waals surface area contributed by atoms with Crippen molar-refractivity contribution in [1.82, 2.24) is 9.62 Å². The molecule has 1 fully saturated rings. The third-order valence-electron chi connectivity index (χ3n) is 3.82. The smallest absolute Gasteiger partial charge is 0.410 e. The van der Waals surface area contributed by atoms with Crippen molar-refractivity contribution in [2.75, 3.05) is 13.1 Å². The van der Waals surface area contributed by atoms with Gasteiger partial charge >= 0.3 is 6.09 Å². The van der Waals surface area contributed by atoms with Crippen LogP contribution in [0.2, 0.25) is 0 Å². The van der Waals surface area contributed by atoms with Crippen LogP contribution in [-0.4, -0.2) is 44.1 Å². The number of rotatable bonds is 3. The summed E-state index contributed by atoms with van der Waals surface area (Å²) in [6.45, 7) is 8.07. The Bertz CT molecular complexity index is 744. The lowest BCUT2D eigenvalue weighted by Gasteiger charge is -2.34. The quantitative estimate of drug-likeness (QED) is 0.793. The van der Waals surface area contributed by atoms with Crippen molar-refractivity contribution >= 4 is 32.0 Å². The maximum atomic E-state index is 12.7. The number of ether oxygens (including phenoxy) is 1. The van der Waals surface area contributed by atoms with E-state index in [9.17, 15) is 13.2 Å². The van der Waals surface area contributed by atoms with Crippen LogP contribution < -0.4 is 4.72 Å². The molecule has 25 heavy (non-hydrogen) atoms. The summed E-state index contributed by atoms with van der Waals surface area (Å²) in [5, 5.41) is 0. The molecule has 6 nitrogen and oxygen atoms in total. The molecule has 1 aliphatic rings. The van der Waals surface area contributed by atoms with Crippen LogP contribution >= 0.6 is 15.9 Å². The average Bonchev–Trinajstić information content (AvgIpc) is 2.44. The summed E-state index contributed by atoms with van der Waals surface area (Å²) in [6.07, 6.45) is 1.01. The maximum absolute atomic E-state index is 12.7. The first-order valence-electron chi connectivity index (χ1n) is 8.24. The minimum atomic E-state index is -3.64. The molecule has 1 aromatic carbocycles. The van der Waals surface area contributed by atoms with Gasteiger partial charge in [-0.1, -0.05) is 15.9 Å². The Morgan fingerprint density at radius 1 is 1.36 bits per heavy atom. The fourth-order valence-corrected chi connectivity index (χ4v) is 4.73. The highest BCUT2D eigenvalue weighted by Crippen LogP contribution is 2.22. The van der Waals surface area contributed by atoms with Crippen LogP contribution in [0, 0.1) is 6.92 Å². The number of amides is 1. The molecule has 1 amide bonds. The van der Waals surface area contributed by atoms with Gasteiger partial charge in [0.15, 0.2) is 0 Å². The second-order valence-electron chi connectivity index (χ2n) is 7.30. The first-order valence-corrected chi connectivity index (χ1v) is 10.5. The average molecular weight is 433 g/mol. The predicted molar refractivity (Wildman–Crippen MR) is 100 cm³/mol. The SMILES string of the molecule is Cc1cc(Br)ccc1S(=O)(=O)NC1CCCN(C(=O)OC(C)(C)C)C1. The van der Waals surface area contributed by atoms with Crippen molar-refractivity contribution in [1.29, 1.82) is 0 Å². The lowest BCUT2D eigenvalue weighted by Crippen LogP contribution is -2.50. The highest BCUT2D eigenvalue weighted by atomic mass is 79.9. The Morgan fingerprint density at radius 2 is 2.04 bits per heavy atom. The van der Waals surface area contributed by atoms with Gasteiger partial charge in [0, 0.05) is 23.6 Å². The van der Waals surface area contributed by atoms with E-state index in [-0.39, 0.29) is 10.9 Å². The molecular weight excluding hydrogens is 408 g/mol. The molecule has 1 N–H and O–H groups in total. The van der Waals surface area contributed by atoms with Gasteiger partial charge in [-0.3, -0.25) is 0 Å². The van der Waals surface area contributed by atoms with Gasteiger partial charge in [0.2, 0.25) is 10.0 Å². The predicted octanol–water partition coefficient (Wildman–Crippen LogP) is 3.44. The van der Waals surface area contributed by atoms with Gasteiger partial charge in [0.05, 0.1) is 4.90 Å². The molecule has 0 radical (unpaired) electrons. The summed E-state index contributed by atoms with van der Waals surface area (Å²) in [4.78, 5) is 14.0. The number of likely N-dealkylation sites (tertiary alicyclic amines) is 1. The van der Waals surface area contributed by atoms with Crippen LogP contribution in [0.4, 0.5) is 4.79 Å². The zero-order chi connectivity index (χ0) is 18.8. The number of hydrogen-bond acceptors (Lipinski definition) is 4. The highest BCUT2D eigenvalue weighted by molar-refractivity contribution is 9.10. The summed E-state index contributed by atoms with van der Waals surface area (Å²) < 4.78 is 34.3. The molecule has 1 aliphatic heterocycles. The van der Waals surface area contributed by atoms with Crippen LogP contribution in [0.5, 0.6) is 0 Å². The Kier molecular flexibility index (Phi) is 6.17. The van der Waals surface area contributed by atoms with Gasteiger partial charge in [0.25, 0.3) is 0 Å². The van der Waals surface area contributed by atoms with Gasteiger partial charge in [-0.2, -0.15) is 0 Å². The third kappa shape index (κ3) is 5.69. The van der Waals surface area contributed by atoms with Crippen molar-refractivity contribution in [2.24, 2.45) is 0 Å². The van der Waals surface area contributed by atoms with Crippen LogP contribution in [0.15, 0.2) is 27.6 Å². The Hall–Kier alpha value is -1.12. The summed E-state index contributed by atoms with van der Waals surface area (Å²) in [5.74, 6) is 0. The van der Waals surface area contributed by atoms with Crippen LogP contribution in [0.25, 0.3) is 0 Å². The molecular formula is C17H25BrN2O4S.